The van der Waals surface area contributed by atoms with Crippen LogP contribution in [-0.4, -0.2) is 84.3 Å². The van der Waals surface area contributed by atoms with Gasteiger partial charge in [-0.15, -0.1) is 0 Å². The van der Waals surface area contributed by atoms with Gasteiger partial charge in [-0.1, -0.05) is 38.1 Å². The van der Waals surface area contributed by atoms with Crippen molar-refractivity contribution < 1.29 is 33.6 Å². The number of hydrogen-bond donors (Lipinski definition) is 5. The number of anilines is 3. The highest BCUT2D eigenvalue weighted by atomic mass is 16.7. The molecule has 0 unspecified atom stereocenters. The summed E-state index contributed by atoms with van der Waals surface area (Å²) in [5, 5.41) is 21.7. The number of carbonyl (C=O) groups is 2. The van der Waals surface area contributed by atoms with Crippen LogP contribution in [-0.2, 0) is 20.8 Å². The molecule has 1 atom stereocenters. The van der Waals surface area contributed by atoms with Crippen LogP contribution in [0.3, 0.4) is 0 Å². The molecule has 1 amide bonds. The predicted molar refractivity (Wildman–Crippen MR) is 163 cm³/mol. The Labute approximate surface area is 255 Å². The number of carboxylic acids is 1. The number of nitrogens with zero attached hydrogens (tertiary/aromatic N) is 3. The molecule has 3 aromatic rings. The predicted octanol–water partition coefficient (Wildman–Crippen LogP) is 3.00. The highest BCUT2D eigenvalue weighted by molar-refractivity contribution is 5.94. The van der Waals surface area contributed by atoms with Gasteiger partial charge in [-0.3, -0.25) is 4.79 Å². The Hall–Kier alpha value is -4.69. The van der Waals surface area contributed by atoms with E-state index in [9.17, 15) is 14.7 Å². The van der Waals surface area contributed by atoms with Crippen LogP contribution in [0.2, 0.25) is 0 Å². The third-order valence-corrected chi connectivity index (χ3v) is 6.30. The fourth-order valence-corrected chi connectivity index (χ4v) is 4.16. The molecular formula is C30H39N7O7. The zero-order chi connectivity index (χ0) is 31.1. The van der Waals surface area contributed by atoms with Gasteiger partial charge in [0.25, 0.3) is 5.91 Å². The van der Waals surface area contributed by atoms with Gasteiger partial charge >= 0.3 is 5.97 Å². The summed E-state index contributed by atoms with van der Waals surface area (Å²) < 4.78 is 21.9. The average molecular weight is 610 g/mol. The lowest BCUT2D eigenvalue weighted by Gasteiger charge is -2.17. The molecular weight excluding hydrogens is 570 g/mol. The van der Waals surface area contributed by atoms with Gasteiger partial charge in [0, 0.05) is 25.2 Å². The molecule has 14 nitrogen and oxygen atoms in total. The van der Waals surface area contributed by atoms with Gasteiger partial charge in [-0.2, -0.15) is 15.0 Å². The van der Waals surface area contributed by atoms with Gasteiger partial charge in [0.15, 0.2) is 11.5 Å². The number of hydrogen-bond acceptors (Lipinski definition) is 12. The van der Waals surface area contributed by atoms with Crippen LogP contribution in [0.4, 0.5) is 17.8 Å². The minimum absolute atomic E-state index is 0.136. The van der Waals surface area contributed by atoms with Crippen molar-refractivity contribution in [2.75, 3.05) is 62.3 Å². The van der Waals surface area contributed by atoms with Crippen molar-refractivity contribution in [2.24, 2.45) is 5.92 Å². The molecule has 0 radical (unpaired) electrons. The number of carbonyl (C=O) groups excluding carboxylic acids is 1. The van der Waals surface area contributed by atoms with Crippen molar-refractivity contribution in [1.82, 2.24) is 20.3 Å². The Bertz CT molecular complexity index is 1360. The van der Waals surface area contributed by atoms with Crippen LogP contribution >= 0.6 is 0 Å². The Morgan fingerprint density at radius 2 is 1.55 bits per heavy atom. The van der Waals surface area contributed by atoms with Crippen molar-refractivity contribution in [1.29, 1.82) is 0 Å². The fourth-order valence-electron chi connectivity index (χ4n) is 4.16. The lowest BCUT2D eigenvalue weighted by Crippen LogP contribution is -2.32. The van der Waals surface area contributed by atoms with Crippen LogP contribution in [0.15, 0.2) is 48.5 Å². The van der Waals surface area contributed by atoms with E-state index in [1.807, 2.05) is 50.2 Å². The van der Waals surface area contributed by atoms with Crippen molar-refractivity contribution >= 4 is 29.7 Å². The lowest BCUT2D eigenvalue weighted by molar-refractivity contribution is -0.138. The molecule has 0 spiro atoms. The fraction of sp³-hybridized carbons (Fsp3) is 0.433. The van der Waals surface area contributed by atoms with Gasteiger partial charge in [-0.25, -0.2) is 4.79 Å². The number of benzene rings is 2. The van der Waals surface area contributed by atoms with E-state index in [1.54, 1.807) is 12.1 Å². The molecule has 5 N–H and O–H groups in total. The Balaban J connectivity index is 1.23. The molecule has 1 aliphatic heterocycles. The normalized spacial score (nSPS) is 12.5. The van der Waals surface area contributed by atoms with E-state index in [0.29, 0.717) is 69.5 Å². The zero-order valence-electron chi connectivity index (χ0n) is 24.9. The molecule has 0 fully saturated rings. The summed E-state index contributed by atoms with van der Waals surface area (Å²) in [6.45, 7) is 6.75. The summed E-state index contributed by atoms with van der Waals surface area (Å²) in [4.78, 5) is 37.0. The van der Waals surface area contributed by atoms with Gasteiger partial charge in [-0.05, 0) is 42.2 Å². The molecule has 0 bridgehead atoms. The Morgan fingerprint density at radius 3 is 2.27 bits per heavy atom. The third kappa shape index (κ3) is 10.5. The number of amides is 1. The van der Waals surface area contributed by atoms with Crippen molar-refractivity contribution in [3.63, 3.8) is 0 Å². The van der Waals surface area contributed by atoms with Crippen LogP contribution in [0, 0.1) is 5.92 Å². The summed E-state index contributed by atoms with van der Waals surface area (Å²) >= 11 is 0. The van der Waals surface area contributed by atoms with E-state index in [4.69, 9.17) is 18.9 Å². The van der Waals surface area contributed by atoms with Crippen LogP contribution in [0.25, 0.3) is 0 Å². The maximum absolute atomic E-state index is 12.0. The molecule has 0 saturated heterocycles. The second kappa shape index (κ2) is 16.8. The van der Waals surface area contributed by atoms with E-state index in [2.05, 4.69) is 36.2 Å². The summed E-state index contributed by atoms with van der Waals surface area (Å²) in [6.07, 6.45) is 0.402. The summed E-state index contributed by atoms with van der Waals surface area (Å²) in [6, 6.07) is 13.8. The molecule has 14 heteroatoms. The SMILES string of the molecule is CC(C)C[C@H](Nc1nc(NCCOCCOCCNC(=O)c2ccccc2)nc(NCc2ccc3c(c2)OCO3)n1)C(=O)O. The first-order valence-electron chi connectivity index (χ1n) is 14.5. The molecule has 0 aliphatic carbocycles. The largest absolute Gasteiger partial charge is 0.480 e. The van der Waals surface area contributed by atoms with E-state index in [0.717, 1.165) is 5.56 Å². The monoisotopic (exact) mass is 609 g/mol. The van der Waals surface area contributed by atoms with Crippen LogP contribution in [0.1, 0.15) is 36.2 Å². The Morgan fingerprint density at radius 1 is 0.864 bits per heavy atom. The topological polar surface area (TPSA) is 178 Å². The van der Waals surface area contributed by atoms with E-state index in [1.165, 1.54) is 0 Å². The van der Waals surface area contributed by atoms with Crippen LogP contribution in [0.5, 0.6) is 11.5 Å². The second-order valence-corrected chi connectivity index (χ2v) is 10.3. The van der Waals surface area contributed by atoms with Crippen molar-refractivity contribution in [2.45, 2.75) is 32.9 Å². The summed E-state index contributed by atoms with van der Waals surface area (Å²) in [5.41, 5.74) is 1.53. The number of carboxylic acid groups (broad SMARTS) is 1. The van der Waals surface area contributed by atoms with Crippen molar-refractivity contribution in [3.8, 4) is 11.5 Å². The first kappa shape index (κ1) is 32.2. The first-order chi connectivity index (χ1) is 21.4. The van der Waals surface area contributed by atoms with Crippen molar-refractivity contribution in [3.05, 3.63) is 59.7 Å². The minimum atomic E-state index is -0.988. The standard InChI is InChI=1S/C30H39N7O7/c1-20(2)16-23(27(39)40)34-30-36-28(35-29(37-30)33-18-21-8-9-24-25(17-21)44-19-43-24)32-11-13-42-15-14-41-12-10-31-26(38)22-6-4-3-5-7-22/h3-9,17,20,23H,10-16,18-19H2,1-2H3,(H,31,38)(H,39,40)(H3,32,33,34,35,36,37)/t23-/m0/s1. The second-order valence-electron chi connectivity index (χ2n) is 10.3. The Kier molecular flexibility index (Phi) is 12.3. The molecule has 2 heterocycles. The third-order valence-electron chi connectivity index (χ3n) is 6.30. The number of rotatable bonds is 19. The van der Waals surface area contributed by atoms with Gasteiger partial charge in [0.1, 0.15) is 6.04 Å². The number of nitrogens with one attached hydrogen (secondary N) is 4. The first-order valence-corrected chi connectivity index (χ1v) is 14.5. The maximum Gasteiger partial charge on any atom is 0.326 e. The molecule has 1 aliphatic rings. The van der Waals surface area contributed by atoms with Crippen LogP contribution < -0.4 is 30.7 Å². The molecule has 44 heavy (non-hydrogen) atoms. The maximum atomic E-state index is 12.0. The quantitative estimate of drug-likeness (QED) is 0.125. The molecule has 1 aromatic heterocycles. The van der Waals surface area contributed by atoms with Gasteiger partial charge < -0.3 is 45.3 Å². The number of fused-ring (bicyclic) bond motifs is 1. The smallest absolute Gasteiger partial charge is 0.326 e. The number of ether oxygens (including phenoxy) is 4. The molecule has 2 aromatic carbocycles. The van der Waals surface area contributed by atoms with E-state index in [-0.39, 0.29) is 36.5 Å². The average Bonchev–Trinajstić information content (AvgIpc) is 3.49. The number of aliphatic carboxylic acids is 1. The van der Waals surface area contributed by atoms with Gasteiger partial charge in [0.2, 0.25) is 24.6 Å². The summed E-state index contributed by atoms with van der Waals surface area (Å²) in [7, 11) is 0. The minimum Gasteiger partial charge on any atom is -0.480 e. The number of aromatic nitrogens is 3. The summed E-state index contributed by atoms with van der Waals surface area (Å²) in [5.74, 6) is 1.05. The highest BCUT2D eigenvalue weighted by Gasteiger charge is 2.21. The lowest BCUT2D eigenvalue weighted by atomic mass is 10.0. The molecule has 4 rings (SSSR count). The zero-order valence-corrected chi connectivity index (χ0v) is 24.9. The highest BCUT2D eigenvalue weighted by Crippen LogP contribution is 2.32. The molecule has 236 valence electrons. The van der Waals surface area contributed by atoms with E-state index >= 15 is 0 Å². The van der Waals surface area contributed by atoms with E-state index < -0.39 is 12.0 Å². The van der Waals surface area contributed by atoms with Gasteiger partial charge in [0.05, 0.1) is 26.4 Å². The molecule has 0 saturated carbocycles.